The maximum atomic E-state index is 6.89. The van der Waals surface area contributed by atoms with Gasteiger partial charge in [-0.3, -0.25) is 0 Å². The smallest absolute Gasteiger partial charge is 0.159 e. The molecule has 0 bridgehead atoms. The van der Waals surface area contributed by atoms with Gasteiger partial charge in [-0.2, -0.15) is 0 Å². The van der Waals surface area contributed by atoms with E-state index >= 15 is 0 Å². The highest BCUT2D eigenvalue weighted by Crippen LogP contribution is 2.45. The molecular weight excluding hydrogens is 567 g/mol. The standard InChI is InChI=1S/C42H27NOS/c1-3-11-28(12-4-1)29-21-23-31(24-22-29)43(32-25-26-40-37(27-32)34-15-7-8-20-39(34)45-40)38-19-10-18-36-35-17-9-16-33(41(35)44-42(36)38)30-13-5-2-6-14-30/h1-27H. The van der Waals surface area contributed by atoms with Crippen molar-refractivity contribution in [3.63, 3.8) is 0 Å². The molecule has 0 saturated carbocycles. The fraction of sp³-hybridized carbons (Fsp3) is 0. The van der Waals surface area contributed by atoms with E-state index in [1.54, 1.807) is 0 Å². The molecule has 0 amide bonds. The molecule has 0 saturated heterocycles. The van der Waals surface area contributed by atoms with E-state index in [1.807, 2.05) is 11.3 Å². The van der Waals surface area contributed by atoms with Crippen LogP contribution in [0.4, 0.5) is 17.1 Å². The summed E-state index contributed by atoms with van der Waals surface area (Å²) in [4.78, 5) is 2.34. The van der Waals surface area contributed by atoms with Gasteiger partial charge in [-0.25, -0.2) is 0 Å². The lowest BCUT2D eigenvalue weighted by Gasteiger charge is -2.26. The monoisotopic (exact) mass is 593 g/mol. The lowest BCUT2D eigenvalue weighted by atomic mass is 10.0. The van der Waals surface area contributed by atoms with Crippen molar-refractivity contribution in [1.29, 1.82) is 0 Å². The lowest BCUT2D eigenvalue weighted by molar-refractivity contribution is 0.670. The van der Waals surface area contributed by atoms with E-state index < -0.39 is 0 Å². The molecule has 0 spiro atoms. The summed E-state index contributed by atoms with van der Waals surface area (Å²) in [6.45, 7) is 0. The van der Waals surface area contributed by atoms with Gasteiger partial charge in [0.15, 0.2) is 5.58 Å². The van der Waals surface area contributed by atoms with Gasteiger partial charge >= 0.3 is 0 Å². The van der Waals surface area contributed by atoms with Gasteiger partial charge in [-0.05, 0) is 59.2 Å². The second-order valence-corrected chi connectivity index (χ2v) is 12.4. The predicted octanol–water partition coefficient (Wildman–Crippen LogP) is 12.8. The minimum atomic E-state index is 0.873. The Balaban J connectivity index is 1.28. The minimum absolute atomic E-state index is 0.873. The van der Waals surface area contributed by atoms with Crippen LogP contribution in [0, 0.1) is 0 Å². The molecule has 212 valence electrons. The van der Waals surface area contributed by atoms with Crippen LogP contribution < -0.4 is 4.90 Å². The number of hydrogen-bond donors (Lipinski definition) is 0. The molecule has 2 nitrogen and oxygen atoms in total. The molecule has 2 aromatic heterocycles. The highest BCUT2D eigenvalue weighted by Gasteiger charge is 2.21. The lowest BCUT2D eigenvalue weighted by Crippen LogP contribution is -2.10. The van der Waals surface area contributed by atoms with Gasteiger partial charge in [0, 0.05) is 47.9 Å². The molecule has 9 aromatic rings. The van der Waals surface area contributed by atoms with Crippen molar-refractivity contribution >= 4 is 70.5 Å². The topological polar surface area (TPSA) is 16.4 Å². The van der Waals surface area contributed by atoms with Crippen molar-refractivity contribution in [3.8, 4) is 22.3 Å². The molecule has 2 heterocycles. The number of benzene rings is 7. The van der Waals surface area contributed by atoms with Crippen LogP contribution in [0.5, 0.6) is 0 Å². The zero-order chi connectivity index (χ0) is 29.7. The average Bonchev–Trinajstić information content (AvgIpc) is 3.68. The molecule has 0 aliphatic carbocycles. The first-order valence-electron chi connectivity index (χ1n) is 15.2. The number of fused-ring (bicyclic) bond motifs is 6. The Morgan fingerprint density at radius 1 is 0.400 bits per heavy atom. The van der Waals surface area contributed by atoms with Gasteiger partial charge in [0.2, 0.25) is 0 Å². The number of thiophene rings is 1. The van der Waals surface area contributed by atoms with Gasteiger partial charge in [0.1, 0.15) is 5.58 Å². The first kappa shape index (κ1) is 25.8. The number of para-hydroxylation sites is 2. The summed E-state index contributed by atoms with van der Waals surface area (Å²) in [7, 11) is 0. The normalized spacial score (nSPS) is 11.6. The first-order valence-corrected chi connectivity index (χ1v) is 16.0. The summed E-state index contributed by atoms with van der Waals surface area (Å²) in [6, 6.07) is 58.3. The van der Waals surface area contributed by atoms with Crippen LogP contribution in [0.2, 0.25) is 0 Å². The molecule has 0 aliphatic heterocycles. The largest absolute Gasteiger partial charge is 0.453 e. The molecular formula is C42H27NOS. The van der Waals surface area contributed by atoms with Gasteiger partial charge in [0.25, 0.3) is 0 Å². The zero-order valence-electron chi connectivity index (χ0n) is 24.4. The quantitative estimate of drug-likeness (QED) is 0.197. The van der Waals surface area contributed by atoms with Gasteiger partial charge in [-0.1, -0.05) is 121 Å². The van der Waals surface area contributed by atoms with Crippen LogP contribution in [-0.2, 0) is 0 Å². The summed E-state index contributed by atoms with van der Waals surface area (Å²) < 4.78 is 9.48. The van der Waals surface area contributed by atoms with E-state index in [1.165, 1.54) is 31.3 Å². The van der Waals surface area contributed by atoms with Crippen LogP contribution in [0.1, 0.15) is 0 Å². The van der Waals surface area contributed by atoms with E-state index in [2.05, 4.69) is 169 Å². The van der Waals surface area contributed by atoms with Crippen LogP contribution in [0.3, 0.4) is 0 Å². The second-order valence-electron chi connectivity index (χ2n) is 11.3. The molecule has 9 rings (SSSR count). The first-order chi connectivity index (χ1) is 22.3. The molecule has 3 heteroatoms. The zero-order valence-corrected chi connectivity index (χ0v) is 25.2. The fourth-order valence-corrected chi connectivity index (χ4v) is 7.63. The molecule has 0 N–H and O–H groups in total. The number of anilines is 3. The molecule has 0 radical (unpaired) electrons. The van der Waals surface area contributed by atoms with E-state index in [9.17, 15) is 0 Å². The second kappa shape index (κ2) is 10.5. The number of rotatable bonds is 5. The highest BCUT2D eigenvalue weighted by atomic mass is 32.1. The Labute approximate surface area is 265 Å². The maximum absolute atomic E-state index is 6.89. The molecule has 0 unspecified atom stereocenters. The van der Waals surface area contributed by atoms with Crippen molar-refractivity contribution in [2.45, 2.75) is 0 Å². The fourth-order valence-electron chi connectivity index (χ4n) is 6.54. The average molecular weight is 594 g/mol. The van der Waals surface area contributed by atoms with Crippen LogP contribution in [0.15, 0.2) is 168 Å². The molecule has 7 aromatic carbocycles. The van der Waals surface area contributed by atoms with Crippen LogP contribution in [-0.4, -0.2) is 0 Å². The van der Waals surface area contributed by atoms with Gasteiger partial charge in [0.05, 0.1) is 5.69 Å². The van der Waals surface area contributed by atoms with Crippen molar-refractivity contribution < 1.29 is 4.42 Å². The van der Waals surface area contributed by atoms with Gasteiger partial charge in [-0.15, -0.1) is 11.3 Å². The van der Waals surface area contributed by atoms with Crippen molar-refractivity contribution in [2.75, 3.05) is 4.90 Å². The summed E-state index contributed by atoms with van der Waals surface area (Å²) in [5.74, 6) is 0. The van der Waals surface area contributed by atoms with E-state index in [-0.39, 0.29) is 0 Å². The number of nitrogens with zero attached hydrogens (tertiary/aromatic N) is 1. The third-order valence-corrected chi connectivity index (χ3v) is 9.83. The Morgan fingerprint density at radius 2 is 1.00 bits per heavy atom. The molecule has 45 heavy (non-hydrogen) atoms. The minimum Gasteiger partial charge on any atom is -0.453 e. The molecule has 0 aliphatic rings. The predicted molar refractivity (Wildman–Crippen MR) is 192 cm³/mol. The molecule has 0 fully saturated rings. The Bertz CT molecular complexity index is 2470. The number of furan rings is 1. The maximum Gasteiger partial charge on any atom is 0.159 e. The summed E-state index contributed by atoms with van der Waals surface area (Å²) in [5.41, 5.74) is 9.59. The summed E-state index contributed by atoms with van der Waals surface area (Å²) in [5, 5.41) is 4.77. The Morgan fingerprint density at radius 3 is 1.80 bits per heavy atom. The SMILES string of the molecule is c1ccc(-c2ccc(N(c3ccc4sc5ccccc5c4c3)c3cccc4c3oc3c(-c5ccccc5)cccc34)cc2)cc1. The Kier molecular flexibility index (Phi) is 6.03. The third-order valence-electron chi connectivity index (χ3n) is 8.68. The summed E-state index contributed by atoms with van der Waals surface area (Å²) in [6.07, 6.45) is 0. The summed E-state index contributed by atoms with van der Waals surface area (Å²) >= 11 is 1.84. The van der Waals surface area contributed by atoms with E-state index in [0.717, 1.165) is 50.1 Å². The Hall–Kier alpha value is -5.64. The third kappa shape index (κ3) is 4.32. The van der Waals surface area contributed by atoms with E-state index in [0.29, 0.717) is 0 Å². The van der Waals surface area contributed by atoms with Crippen molar-refractivity contribution in [3.05, 3.63) is 164 Å². The van der Waals surface area contributed by atoms with Crippen LogP contribution in [0.25, 0.3) is 64.4 Å². The molecule has 0 atom stereocenters. The van der Waals surface area contributed by atoms with Crippen molar-refractivity contribution in [1.82, 2.24) is 0 Å². The van der Waals surface area contributed by atoms with Gasteiger partial charge < -0.3 is 9.32 Å². The van der Waals surface area contributed by atoms with Crippen LogP contribution >= 0.6 is 11.3 Å². The number of hydrogen-bond acceptors (Lipinski definition) is 3. The van der Waals surface area contributed by atoms with Crippen molar-refractivity contribution in [2.24, 2.45) is 0 Å². The highest BCUT2D eigenvalue weighted by molar-refractivity contribution is 7.25. The van der Waals surface area contributed by atoms with E-state index in [4.69, 9.17) is 4.42 Å².